The molecule has 2 rings (SSSR count). The summed E-state index contributed by atoms with van der Waals surface area (Å²) in [4.78, 5) is 2.77. The van der Waals surface area contributed by atoms with Gasteiger partial charge in [0.1, 0.15) is 0 Å². The van der Waals surface area contributed by atoms with Crippen LogP contribution >= 0.6 is 0 Å². The lowest BCUT2D eigenvalue weighted by Crippen LogP contribution is -2.49. The molecular formula is C15H30N2. The van der Waals surface area contributed by atoms with Gasteiger partial charge < -0.3 is 5.32 Å². The Morgan fingerprint density at radius 1 is 1.18 bits per heavy atom. The summed E-state index contributed by atoms with van der Waals surface area (Å²) in [5, 5.41) is 3.68. The lowest BCUT2D eigenvalue weighted by atomic mass is 9.85. The van der Waals surface area contributed by atoms with Crippen LogP contribution in [0.15, 0.2) is 0 Å². The van der Waals surface area contributed by atoms with Gasteiger partial charge in [-0.3, -0.25) is 4.90 Å². The summed E-state index contributed by atoms with van der Waals surface area (Å²) < 4.78 is 0. The van der Waals surface area contributed by atoms with Crippen molar-refractivity contribution in [3.8, 4) is 0 Å². The minimum Gasteiger partial charge on any atom is -0.314 e. The average molecular weight is 238 g/mol. The molecule has 1 saturated heterocycles. The van der Waals surface area contributed by atoms with Gasteiger partial charge in [-0.05, 0) is 57.2 Å². The van der Waals surface area contributed by atoms with E-state index in [0.29, 0.717) is 5.41 Å². The smallest absolute Gasteiger partial charge is 0.0146 e. The van der Waals surface area contributed by atoms with Crippen molar-refractivity contribution in [1.82, 2.24) is 10.2 Å². The van der Waals surface area contributed by atoms with Crippen molar-refractivity contribution in [3.63, 3.8) is 0 Å². The van der Waals surface area contributed by atoms with E-state index < -0.39 is 0 Å². The SMILES string of the molecule is CCCNC1CCN(C2CCCC2(C)C)CC1. The molecule has 1 atom stereocenters. The highest BCUT2D eigenvalue weighted by Crippen LogP contribution is 2.41. The molecule has 0 amide bonds. The molecule has 1 aliphatic heterocycles. The van der Waals surface area contributed by atoms with E-state index in [1.54, 1.807) is 0 Å². The van der Waals surface area contributed by atoms with Crippen LogP contribution in [0.25, 0.3) is 0 Å². The van der Waals surface area contributed by atoms with Crippen LogP contribution in [-0.4, -0.2) is 36.6 Å². The van der Waals surface area contributed by atoms with Crippen LogP contribution in [0.2, 0.25) is 0 Å². The third-order valence-corrected chi connectivity index (χ3v) is 4.85. The summed E-state index contributed by atoms with van der Waals surface area (Å²) in [5.41, 5.74) is 0.559. The number of piperidine rings is 1. The fraction of sp³-hybridized carbons (Fsp3) is 1.00. The molecule has 1 heterocycles. The first-order valence-corrected chi connectivity index (χ1v) is 7.61. The van der Waals surface area contributed by atoms with Crippen LogP contribution in [0, 0.1) is 5.41 Å². The number of hydrogen-bond acceptors (Lipinski definition) is 2. The number of nitrogens with one attached hydrogen (secondary N) is 1. The predicted octanol–water partition coefficient (Wildman–Crippen LogP) is 3.03. The van der Waals surface area contributed by atoms with Crippen molar-refractivity contribution < 1.29 is 0 Å². The molecule has 2 fully saturated rings. The van der Waals surface area contributed by atoms with E-state index in [0.717, 1.165) is 12.1 Å². The van der Waals surface area contributed by atoms with Gasteiger partial charge in [-0.2, -0.15) is 0 Å². The van der Waals surface area contributed by atoms with E-state index in [4.69, 9.17) is 0 Å². The fourth-order valence-corrected chi connectivity index (χ4v) is 3.75. The van der Waals surface area contributed by atoms with Crippen LogP contribution in [-0.2, 0) is 0 Å². The van der Waals surface area contributed by atoms with Gasteiger partial charge in [0.05, 0.1) is 0 Å². The zero-order chi connectivity index (χ0) is 12.3. The van der Waals surface area contributed by atoms with Gasteiger partial charge in [-0.1, -0.05) is 27.2 Å². The highest BCUT2D eigenvalue weighted by atomic mass is 15.2. The molecule has 2 heteroatoms. The first kappa shape index (κ1) is 13.4. The number of nitrogens with zero attached hydrogens (tertiary/aromatic N) is 1. The second-order valence-electron chi connectivity index (χ2n) is 6.66. The summed E-state index contributed by atoms with van der Waals surface area (Å²) in [5.74, 6) is 0. The lowest BCUT2D eigenvalue weighted by Gasteiger charge is -2.42. The summed E-state index contributed by atoms with van der Waals surface area (Å²) in [6.45, 7) is 11.0. The number of rotatable bonds is 4. The van der Waals surface area contributed by atoms with E-state index >= 15 is 0 Å². The highest BCUT2D eigenvalue weighted by Gasteiger charge is 2.39. The second kappa shape index (κ2) is 5.71. The topological polar surface area (TPSA) is 15.3 Å². The van der Waals surface area contributed by atoms with Gasteiger partial charge in [-0.15, -0.1) is 0 Å². The summed E-state index contributed by atoms with van der Waals surface area (Å²) in [6, 6.07) is 1.64. The minimum absolute atomic E-state index is 0.559. The van der Waals surface area contributed by atoms with E-state index in [1.807, 2.05) is 0 Å². The normalized spacial score (nSPS) is 30.9. The Balaban J connectivity index is 1.79. The molecule has 0 radical (unpaired) electrons. The van der Waals surface area contributed by atoms with E-state index in [-0.39, 0.29) is 0 Å². The first-order valence-electron chi connectivity index (χ1n) is 7.61. The Morgan fingerprint density at radius 3 is 2.41 bits per heavy atom. The van der Waals surface area contributed by atoms with Crippen LogP contribution < -0.4 is 5.32 Å². The van der Waals surface area contributed by atoms with E-state index in [9.17, 15) is 0 Å². The molecule has 0 bridgehead atoms. The predicted molar refractivity (Wildman–Crippen MR) is 74.3 cm³/mol. The maximum atomic E-state index is 3.68. The Labute approximate surface area is 107 Å². The quantitative estimate of drug-likeness (QED) is 0.810. The molecule has 0 aromatic heterocycles. The number of hydrogen-bond donors (Lipinski definition) is 1. The molecule has 2 nitrogen and oxygen atoms in total. The first-order chi connectivity index (χ1) is 8.13. The monoisotopic (exact) mass is 238 g/mol. The van der Waals surface area contributed by atoms with Gasteiger partial charge in [0.2, 0.25) is 0 Å². The molecule has 100 valence electrons. The second-order valence-corrected chi connectivity index (χ2v) is 6.66. The zero-order valence-corrected chi connectivity index (χ0v) is 12.0. The Kier molecular flexibility index (Phi) is 4.48. The Hall–Kier alpha value is -0.0800. The third-order valence-electron chi connectivity index (χ3n) is 4.85. The summed E-state index contributed by atoms with van der Waals surface area (Å²) in [7, 11) is 0. The molecule has 0 spiro atoms. The molecule has 1 saturated carbocycles. The van der Waals surface area contributed by atoms with Crippen molar-refractivity contribution in [2.75, 3.05) is 19.6 Å². The molecule has 1 aliphatic carbocycles. The molecule has 17 heavy (non-hydrogen) atoms. The van der Waals surface area contributed by atoms with Crippen molar-refractivity contribution in [2.45, 2.75) is 71.4 Å². The van der Waals surface area contributed by atoms with Gasteiger partial charge in [-0.25, -0.2) is 0 Å². The van der Waals surface area contributed by atoms with E-state index in [1.165, 1.54) is 58.2 Å². The van der Waals surface area contributed by atoms with E-state index in [2.05, 4.69) is 31.0 Å². The third kappa shape index (κ3) is 3.23. The van der Waals surface area contributed by atoms with Crippen molar-refractivity contribution in [3.05, 3.63) is 0 Å². The molecule has 1 N–H and O–H groups in total. The minimum atomic E-state index is 0.559. The maximum Gasteiger partial charge on any atom is 0.0146 e. The van der Waals surface area contributed by atoms with Crippen LogP contribution in [0.3, 0.4) is 0 Å². The Morgan fingerprint density at radius 2 is 1.88 bits per heavy atom. The average Bonchev–Trinajstić information content (AvgIpc) is 2.67. The molecular weight excluding hydrogens is 208 g/mol. The van der Waals surface area contributed by atoms with Crippen LogP contribution in [0.5, 0.6) is 0 Å². The van der Waals surface area contributed by atoms with Crippen molar-refractivity contribution in [1.29, 1.82) is 0 Å². The van der Waals surface area contributed by atoms with Gasteiger partial charge >= 0.3 is 0 Å². The largest absolute Gasteiger partial charge is 0.314 e. The van der Waals surface area contributed by atoms with Crippen molar-refractivity contribution >= 4 is 0 Å². The standard InChI is InChI=1S/C15H30N2/c1-4-10-16-13-7-11-17(12-8-13)14-6-5-9-15(14,2)3/h13-14,16H,4-12H2,1-3H3. The molecule has 2 aliphatic rings. The summed E-state index contributed by atoms with van der Waals surface area (Å²) >= 11 is 0. The lowest BCUT2D eigenvalue weighted by molar-refractivity contribution is 0.0820. The molecule has 0 aromatic carbocycles. The van der Waals surface area contributed by atoms with Crippen LogP contribution in [0.4, 0.5) is 0 Å². The maximum absolute atomic E-state index is 3.68. The zero-order valence-electron chi connectivity index (χ0n) is 12.0. The number of likely N-dealkylation sites (tertiary alicyclic amines) is 1. The highest BCUT2D eigenvalue weighted by molar-refractivity contribution is 4.94. The van der Waals surface area contributed by atoms with Crippen LogP contribution in [0.1, 0.15) is 59.3 Å². The van der Waals surface area contributed by atoms with Gasteiger partial charge in [0.15, 0.2) is 0 Å². The fourth-order valence-electron chi connectivity index (χ4n) is 3.75. The molecule has 0 aromatic rings. The summed E-state index contributed by atoms with van der Waals surface area (Å²) in [6.07, 6.45) is 8.26. The van der Waals surface area contributed by atoms with Gasteiger partial charge in [0, 0.05) is 12.1 Å². The van der Waals surface area contributed by atoms with Crippen molar-refractivity contribution in [2.24, 2.45) is 5.41 Å². The molecule has 1 unspecified atom stereocenters. The van der Waals surface area contributed by atoms with Gasteiger partial charge in [0.25, 0.3) is 0 Å². The Bertz CT molecular complexity index is 229.